The van der Waals surface area contributed by atoms with Gasteiger partial charge in [-0.25, -0.2) is 0 Å². The standard InChI is InChI=1S/C20H19Cl3N4O4/c21-20(22,23)19(24-18(29)13-4-6-15(7-5-13)27(30)31)25-9-12-8-14(11-25)16-2-1-3-17(28)26(16)10-12/h1-7,12,14,19H,8-11H2,(H,24,29)/t12-,14+,19?/m0/s1. The van der Waals surface area contributed by atoms with Crippen LogP contribution in [0.5, 0.6) is 0 Å². The summed E-state index contributed by atoms with van der Waals surface area (Å²) in [4.78, 5) is 37.2. The Morgan fingerprint density at radius 1 is 1.13 bits per heavy atom. The predicted molar refractivity (Wildman–Crippen MR) is 118 cm³/mol. The van der Waals surface area contributed by atoms with E-state index in [4.69, 9.17) is 34.8 Å². The van der Waals surface area contributed by atoms with Gasteiger partial charge in [-0.15, -0.1) is 0 Å². The number of pyridine rings is 1. The van der Waals surface area contributed by atoms with Gasteiger partial charge >= 0.3 is 0 Å². The topological polar surface area (TPSA) is 97.5 Å². The third kappa shape index (κ3) is 4.57. The second-order valence-electron chi connectivity index (χ2n) is 7.87. The van der Waals surface area contributed by atoms with Crippen molar-refractivity contribution in [3.05, 3.63) is 74.2 Å². The number of nitrogens with zero attached hydrogens (tertiary/aromatic N) is 3. The molecule has 11 heteroatoms. The fraction of sp³-hybridized carbons (Fsp3) is 0.400. The molecule has 2 aliphatic rings. The van der Waals surface area contributed by atoms with Gasteiger partial charge in [0, 0.05) is 55.0 Å². The Balaban J connectivity index is 1.56. The molecule has 1 amide bonds. The highest BCUT2D eigenvalue weighted by Crippen LogP contribution is 2.40. The number of hydrogen-bond donors (Lipinski definition) is 1. The summed E-state index contributed by atoms with van der Waals surface area (Å²) in [5.74, 6) is -0.247. The summed E-state index contributed by atoms with van der Waals surface area (Å²) in [6.07, 6.45) is 0.00973. The summed E-state index contributed by atoms with van der Waals surface area (Å²) in [6, 6.07) is 10.4. The van der Waals surface area contributed by atoms with Gasteiger partial charge in [0.25, 0.3) is 17.2 Å². The van der Waals surface area contributed by atoms with Crippen LogP contribution in [-0.2, 0) is 6.54 Å². The van der Waals surface area contributed by atoms with Crippen molar-refractivity contribution < 1.29 is 9.72 Å². The summed E-state index contributed by atoms with van der Waals surface area (Å²) >= 11 is 18.7. The molecule has 4 rings (SSSR count). The minimum Gasteiger partial charge on any atom is -0.332 e. The molecule has 1 aromatic carbocycles. The minimum absolute atomic E-state index is 0.0231. The summed E-state index contributed by atoms with van der Waals surface area (Å²) in [5.41, 5.74) is 1.02. The molecule has 2 aromatic rings. The van der Waals surface area contributed by atoms with Gasteiger partial charge in [0.1, 0.15) is 6.17 Å². The van der Waals surface area contributed by atoms with Crippen molar-refractivity contribution in [3.8, 4) is 0 Å². The number of nitro benzene ring substituents is 1. The van der Waals surface area contributed by atoms with E-state index < -0.39 is 20.8 Å². The fourth-order valence-electron chi connectivity index (χ4n) is 4.47. The monoisotopic (exact) mass is 484 g/mol. The number of non-ortho nitro benzene ring substituents is 1. The zero-order chi connectivity index (χ0) is 22.3. The normalized spacial score (nSPS) is 21.8. The van der Waals surface area contributed by atoms with E-state index >= 15 is 0 Å². The average Bonchev–Trinajstić information content (AvgIpc) is 2.71. The first kappa shape index (κ1) is 22.1. The second kappa shape index (κ2) is 8.43. The van der Waals surface area contributed by atoms with Gasteiger partial charge in [0.15, 0.2) is 0 Å². The van der Waals surface area contributed by atoms with Crippen molar-refractivity contribution in [1.82, 2.24) is 14.8 Å². The maximum absolute atomic E-state index is 12.8. The zero-order valence-electron chi connectivity index (χ0n) is 16.2. The number of benzene rings is 1. The van der Waals surface area contributed by atoms with Gasteiger partial charge in [0.2, 0.25) is 3.79 Å². The highest BCUT2D eigenvalue weighted by atomic mass is 35.6. The molecule has 3 heterocycles. The van der Waals surface area contributed by atoms with Crippen molar-refractivity contribution >= 4 is 46.4 Å². The highest BCUT2D eigenvalue weighted by Gasteiger charge is 2.44. The SMILES string of the molecule is O=C(NC(N1C[C@@H]2C[C@H](C1)c1cccc(=O)n1C2)C(Cl)(Cl)Cl)c1ccc([N+](=O)[O-])cc1. The molecule has 3 atom stereocenters. The lowest BCUT2D eigenvalue weighted by Gasteiger charge is -2.47. The van der Waals surface area contributed by atoms with Gasteiger partial charge < -0.3 is 9.88 Å². The Hall–Kier alpha value is -2.13. The molecule has 2 bridgehead atoms. The maximum atomic E-state index is 12.8. The fourth-order valence-corrected chi connectivity index (χ4v) is 5.04. The summed E-state index contributed by atoms with van der Waals surface area (Å²) < 4.78 is -0.00555. The van der Waals surface area contributed by atoms with E-state index in [2.05, 4.69) is 5.32 Å². The molecule has 164 valence electrons. The van der Waals surface area contributed by atoms with Crippen LogP contribution in [0.2, 0.25) is 0 Å². The molecular weight excluding hydrogens is 467 g/mol. The highest BCUT2D eigenvalue weighted by molar-refractivity contribution is 6.68. The first-order valence-corrected chi connectivity index (χ1v) is 10.8. The Morgan fingerprint density at radius 3 is 2.48 bits per heavy atom. The van der Waals surface area contributed by atoms with Crippen LogP contribution in [-0.4, -0.2) is 43.3 Å². The lowest BCUT2D eigenvalue weighted by molar-refractivity contribution is -0.384. The molecule has 1 N–H and O–H groups in total. The Bertz CT molecular complexity index is 1070. The summed E-state index contributed by atoms with van der Waals surface area (Å²) in [5, 5.41) is 13.6. The van der Waals surface area contributed by atoms with E-state index in [1.54, 1.807) is 16.7 Å². The number of carbonyl (C=O) groups is 1. The molecule has 0 spiro atoms. The number of aromatic nitrogens is 1. The van der Waals surface area contributed by atoms with Crippen LogP contribution in [0.4, 0.5) is 5.69 Å². The second-order valence-corrected chi connectivity index (χ2v) is 10.2. The molecule has 8 nitrogen and oxygen atoms in total. The number of halogens is 3. The molecule has 2 aliphatic heterocycles. The first-order valence-electron chi connectivity index (χ1n) is 9.69. The Kier molecular flexibility index (Phi) is 6.00. The van der Waals surface area contributed by atoms with E-state index in [9.17, 15) is 19.7 Å². The molecular formula is C20H19Cl3N4O4. The molecule has 31 heavy (non-hydrogen) atoms. The van der Waals surface area contributed by atoms with Crippen LogP contribution in [0.3, 0.4) is 0 Å². The van der Waals surface area contributed by atoms with Crippen LogP contribution in [0.1, 0.15) is 28.4 Å². The first-order chi connectivity index (χ1) is 14.6. The lowest BCUT2D eigenvalue weighted by Crippen LogP contribution is -2.60. The number of nitro groups is 1. The third-order valence-corrected chi connectivity index (χ3v) is 6.41. The number of likely N-dealkylation sites (tertiary alicyclic amines) is 1. The van der Waals surface area contributed by atoms with E-state index in [0.717, 1.165) is 12.1 Å². The molecule has 1 saturated heterocycles. The smallest absolute Gasteiger partial charge is 0.269 e. The van der Waals surface area contributed by atoms with Crippen molar-refractivity contribution in [1.29, 1.82) is 0 Å². The molecule has 0 saturated carbocycles. The number of fused-ring (bicyclic) bond motifs is 4. The van der Waals surface area contributed by atoms with E-state index in [-0.39, 0.29) is 28.6 Å². The van der Waals surface area contributed by atoms with Crippen LogP contribution in [0, 0.1) is 16.0 Å². The van der Waals surface area contributed by atoms with Crippen molar-refractivity contribution in [2.75, 3.05) is 13.1 Å². The van der Waals surface area contributed by atoms with Crippen molar-refractivity contribution in [2.45, 2.75) is 28.8 Å². The molecule has 1 unspecified atom stereocenters. The lowest BCUT2D eigenvalue weighted by atomic mass is 9.83. The maximum Gasteiger partial charge on any atom is 0.269 e. The minimum atomic E-state index is -1.81. The Labute approximate surface area is 192 Å². The van der Waals surface area contributed by atoms with E-state index in [1.807, 2.05) is 11.0 Å². The van der Waals surface area contributed by atoms with E-state index in [0.29, 0.717) is 19.6 Å². The predicted octanol–water partition coefficient (Wildman–Crippen LogP) is 3.30. The Morgan fingerprint density at radius 2 is 1.84 bits per heavy atom. The number of amides is 1. The van der Waals surface area contributed by atoms with Gasteiger partial charge in [0.05, 0.1) is 4.92 Å². The van der Waals surface area contributed by atoms with Crippen LogP contribution in [0.25, 0.3) is 0 Å². The van der Waals surface area contributed by atoms with Crippen LogP contribution >= 0.6 is 34.8 Å². The molecule has 0 radical (unpaired) electrons. The summed E-state index contributed by atoms with van der Waals surface area (Å²) in [6.45, 7) is 1.64. The zero-order valence-corrected chi connectivity index (χ0v) is 18.5. The molecule has 1 fully saturated rings. The van der Waals surface area contributed by atoms with Crippen LogP contribution in [0.15, 0.2) is 47.3 Å². The van der Waals surface area contributed by atoms with Gasteiger partial charge in [-0.1, -0.05) is 40.9 Å². The van der Waals surface area contributed by atoms with E-state index in [1.165, 1.54) is 24.3 Å². The van der Waals surface area contributed by atoms with Crippen LogP contribution < -0.4 is 10.9 Å². The van der Waals surface area contributed by atoms with Crippen molar-refractivity contribution in [3.63, 3.8) is 0 Å². The number of alkyl halides is 3. The third-order valence-electron chi connectivity index (χ3n) is 5.79. The number of nitrogens with one attached hydrogen (secondary N) is 1. The largest absolute Gasteiger partial charge is 0.332 e. The van der Waals surface area contributed by atoms with Gasteiger partial charge in [-0.2, -0.15) is 0 Å². The number of rotatable bonds is 4. The summed E-state index contributed by atoms with van der Waals surface area (Å²) in [7, 11) is 0. The average molecular weight is 486 g/mol. The number of carbonyl (C=O) groups excluding carboxylic acids is 1. The number of piperidine rings is 1. The van der Waals surface area contributed by atoms with Gasteiger partial charge in [-0.05, 0) is 30.5 Å². The quantitative estimate of drug-likeness (QED) is 0.407. The number of hydrogen-bond acceptors (Lipinski definition) is 5. The van der Waals surface area contributed by atoms with Crippen molar-refractivity contribution in [2.24, 2.45) is 5.92 Å². The van der Waals surface area contributed by atoms with Gasteiger partial charge in [-0.3, -0.25) is 24.6 Å². The molecule has 0 aliphatic carbocycles. The molecule has 1 aromatic heterocycles.